The van der Waals surface area contributed by atoms with E-state index in [0.717, 1.165) is 23.2 Å². The van der Waals surface area contributed by atoms with Crippen molar-refractivity contribution in [2.45, 2.75) is 19.9 Å². The summed E-state index contributed by atoms with van der Waals surface area (Å²) in [6.45, 7) is 2.64. The van der Waals surface area contributed by atoms with Crippen molar-refractivity contribution < 1.29 is 0 Å². The predicted octanol–water partition coefficient (Wildman–Crippen LogP) is 1.92. The number of rotatable bonds is 4. The smallest absolute Gasteiger partial charge is 0.337 e. The van der Waals surface area contributed by atoms with Crippen LogP contribution >= 0.6 is 0 Å². The predicted molar refractivity (Wildman–Crippen MR) is 102 cm³/mol. The highest BCUT2D eigenvalue weighted by molar-refractivity contribution is 5.87. The molecule has 0 N–H and O–H groups in total. The SMILES string of the molecule is CCCn1c(=O)n2c(-c3ccc(N(C)C)cc3)nnc2c2c1ncn2C. The van der Waals surface area contributed by atoms with Crippen molar-refractivity contribution in [3.05, 3.63) is 41.1 Å². The normalized spacial score (nSPS) is 11.5. The van der Waals surface area contributed by atoms with Crippen molar-refractivity contribution in [2.24, 2.45) is 7.05 Å². The average Bonchev–Trinajstić information content (AvgIpc) is 3.22. The van der Waals surface area contributed by atoms with Crippen LogP contribution in [0.1, 0.15) is 13.3 Å². The largest absolute Gasteiger partial charge is 0.378 e. The molecule has 4 rings (SSSR count). The molecule has 3 heterocycles. The molecule has 134 valence electrons. The van der Waals surface area contributed by atoms with Crippen LogP contribution in [0.4, 0.5) is 5.69 Å². The minimum Gasteiger partial charge on any atom is -0.378 e. The third kappa shape index (κ3) is 2.29. The molecule has 3 aromatic heterocycles. The Hall–Kier alpha value is -3.16. The lowest BCUT2D eigenvalue weighted by molar-refractivity contribution is 0.648. The molecule has 0 saturated carbocycles. The van der Waals surface area contributed by atoms with Crippen molar-refractivity contribution in [1.29, 1.82) is 0 Å². The molecule has 8 nitrogen and oxygen atoms in total. The molecule has 0 radical (unpaired) electrons. The standard InChI is InChI=1S/C18H21N7O/c1-5-10-24-16-14(23(4)11-19-16)17-21-20-15(25(17)18(24)26)12-6-8-13(9-7-12)22(2)3/h6-9,11H,5,10H2,1-4H3. The van der Waals surface area contributed by atoms with E-state index >= 15 is 0 Å². The minimum absolute atomic E-state index is 0.162. The van der Waals surface area contributed by atoms with Crippen LogP contribution in [0.3, 0.4) is 0 Å². The lowest BCUT2D eigenvalue weighted by atomic mass is 10.2. The van der Waals surface area contributed by atoms with Gasteiger partial charge in [-0.1, -0.05) is 6.92 Å². The summed E-state index contributed by atoms with van der Waals surface area (Å²) in [6, 6.07) is 7.93. The fourth-order valence-corrected chi connectivity index (χ4v) is 3.22. The molecule has 0 amide bonds. The fourth-order valence-electron chi connectivity index (χ4n) is 3.22. The Morgan fingerprint density at radius 1 is 1.08 bits per heavy atom. The van der Waals surface area contributed by atoms with E-state index in [1.54, 1.807) is 15.3 Å². The van der Waals surface area contributed by atoms with Crippen LogP contribution in [0.15, 0.2) is 35.4 Å². The summed E-state index contributed by atoms with van der Waals surface area (Å²) in [7, 11) is 5.88. The summed E-state index contributed by atoms with van der Waals surface area (Å²) in [6.07, 6.45) is 2.54. The number of fused-ring (bicyclic) bond motifs is 3. The van der Waals surface area contributed by atoms with Gasteiger partial charge in [-0.25, -0.2) is 14.2 Å². The van der Waals surface area contributed by atoms with Crippen LogP contribution < -0.4 is 10.6 Å². The van der Waals surface area contributed by atoms with Gasteiger partial charge in [-0.15, -0.1) is 10.2 Å². The van der Waals surface area contributed by atoms with Crippen molar-refractivity contribution in [3.8, 4) is 11.4 Å². The number of benzene rings is 1. The lowest BCUT2D eigenvalue weighted by Crippen LogP contribution is -2.28. The number of aromatic nitrogens is 6. The van der Waals surface area contributed by atoms with Gasteiger partial charge in [-0.3, -0.25) is 4.57 Å². The first-order valence-corrected chi connectivity index (χ1v) is 8.59. The third-order valence-corrected chi connectivity index (χ3v) is 4.56. The van der Waals surface area contributed by atoms with E-state index < -0.39 is 0 Å². The number of anilines is 1. The number of imidazole rings is 1. The quantitative estimate of drug-likeness (QED) is 0.562. The molecular weight excluding hydrogens is 330 g/mol. The first-order chi connectivity index (χ1) is 12.5. The van der Waals surface area contributed by atoms with Gasteiger partial charge in [0.05, 0.1) is 6.33 Å². The van der Waals surface area contributed by atoms with Gasteiger partial charge < -0.3 is 9.47 Å². The minimum atomic E-state index is -0.162. The molecule has 0 bridgehead atoms. The fraction of sp³-hybridized carbons (Fsp3) is 0.333. The number of hydrogen-bond donors (Lipinski definition) is 0. The van der Waals surface area contributed by atoms with Crippen molar-refractivity contribution in [1.82, 2.24) is 28.7 Å². The molecule has 4 aromatic rings. The van der Waals surface area contributed by atoms with Crippen LogP contribution in [-0.2, 0) is 13.6 Å². The zero-order chi connectivity index (χ0) is 18.4. The maximum atomic E-state index is 13.2. The average molecular weight is 351 g/mol. The van der Waals surface area contributed by atoms with Gasteiger partial charge >= 0.3 is 5.69 Å². The van der Waals surface area contributed by atoms with Crippen LogP contribution in [0.2, 0.25) is 0 Å². The molecule has 26 heavy (non-hydrogen) atoms. The number of nitrogens with zero attached hydrogens (tertiary/aromatic N) is 7. The Bertz CT molecular complexity index is 1150. The molecule has 0 saturated heterocycles. The van der Waals surface area contributed by atoms with Gasteiger partial charge in [0.15, 0.2) is 17.1 Å². The summed E-state index contributed by atoms with van der Waals surface area (Å²) in [5.41, 5.74) is 3.76. The van der Waals surface area contributed by atoms with Gasteiger partial charge in [-0.05, 0) is 30.7 Å². The second-order valence-corrected chi connectivity index (χ2v) is 6.59. The Morgan fingerprint density at radius 3 is 2.46 bits per heavy atom. The van der Waals surface area contributed by atoms with Gasteiger partial charge in [0.25, 0.3) is 0 Å². The molecule has 0 atom stereocenters. The molecular formula is C18H21N7O. The summed E-state index contributed by atoms with van der Waals surface area (Å²) < 4.78 is 5.16. The highest BCUT2D eigenvalue weighted by Crippen LogP contribution is 2.23. The van der Waals surface area contributed by atoms with E-state index in [1.807, 2.05) is 61.8 Å². The van der Waals surface area contributed by atoms with E-state index in [2.05, 4.69) is 15.2 Å². The van der Waals surface area contributed by atoms with Gasteiger partial charge in [0, 0.05) is 38.9 Å². The molecule has 0 fully saturated rings. The van der Waals surface area contributed by atoms with E-state index in [-0.39, 0.29) is 5.69 Å². The van der Waals surface area contributed by atoms with Gasteiger partial charge in [0.2, 0.25) is 0 Å². The van der Waals surface area contributed by atoms with Crippen LogP contribution in [0, 0.1) is 0 Å². The molecule has 0 unspecified atom stereocenters. The van der Waals surface area contributed by atoms with Crippen molar-refractivity contribution >= 4 is 22.5 Å². The highest BCUT2D eigenvalue weighted by Gasteiger charge is 2.20. The summed E-state index contributed by atoms with van der Waals surface area (Å²) in [5.74, 6) is 0.545. The molecule has 0 aliphatic heterocycles. The molecule has 0 spiro atoms. The first-order valence-electron chi connectivity index (χ1n) is 8.59. The van der Waals surface area contributed by atoms with Crippen molar-refractivity contribution in [2.75, 3.05) is 19.0 Å². The number of aryl methyl sites for hydroxylation is 2. The van der Waals surface area contributed by atoms with Gasteiger partial charge in [0.1, 0.15) is 5.52 Å². The second kappa shape index (κ2) is 5.98. The highest BCUT2D eigenvalue weighted by atomic mass is 16.1. The lowest BCUT2D eigenvalue weighted by Gasteiger charge is -2.12. The Kier molecular flexibility index (Phi) is 3.75. The molecule has 8 heteroatoms. The Morgan fingerprint density at radius 2 is 1.81 bits per heavy atom. The van der Waals surface area contributed by atoms with E-state index in [1.165, 1.54) is 0 Å². The summed E-state index contributed by atoms with van der Waals surface area (Å²) >= 11 is 0. The van der Waals surface area contributed by atoms with Gasteiger partial charge in [-0.2, -0.15) is 0 Å². The number of hydrogen-bond acceptors (Lipinski definition) is 5. The summed E-state index contributed by atoms with van der Waals surface area (Å²) in [5, 5.41) is 8.62. The van der Waals surface area contributed by atoms with Crippen LogP contribution in [-0.4, -0.2) is 42.8 Å². The van der Waals surface area contributed by atoms with Crippen LogP contribution in [0.5, 0.6) is 0 Å². The maximum absolute atomic E-state index is 13.2. The zero-order valence-corrected chi connectivity index (χ0v) is 15.3. The molecule has 0 aliphatic carbocycles. The van der Waals surface area contributed by atoms with E-state index in [0.29, 0.717) is 23.7 Å². The Labute approximate surface area is 150 Å². The van der Waals surface area contributed by atoms with Crippen molar-refractivity contribution in [3.63, 3.8) is 0 Å². The second-order valence-electron chi connectivity index (χ2n) is 6.59. The van der Waals surface area contributed by atoms with Crippen LogP contribution in [0.25, 0.3) is 28.2 Å². The molecule has 0 aliphatic rings. The van der Waals surface area contributed by atoms with E-state index in [4.69, 9.17) is 0 Å². The Balaban J connectivity index is 2.03. The third-order valence-electron chi connectivity index (χ3n) is 4.56. The maximum Gasteiger partial charge on any atom is 0.337 e. The summed E-state index contributed by atoms with van der Waals surface area (Å²) in [4.78, 5) is 19.6. The monoisotopic (exact) mass is 351 g/mol. The van der Waals surface area contributed by atoms with E-state index in [9.17, 15) is 4.79 Å². The topological polar surface area (TPSA) is 73.2 Å². The molecule has 1 aromatic carbocycles. The zero-order valence-electron chi connectivity index (χ0n) is 15.3. The first kappa shape index (κ1) is 16.3.